The summed E-state index contributed by atoms with van der Waals surface area (Å²) in [5.41, 5.74) is 1.87. The first-order chi connectivity index (χ1) is 9.15. The van der Waals surface area contributed by atoms with Crippen LogP contribution in [0.25, 0.3) is 0 Å². The van der Waals surface area contributed by atoms with Crippen molar-refractivity contribution in [2.75, 3.05) is 11.9 Å². The van der Waals surface area contributed by atoms with Crippen molar-refractivity contribution in [2.24, 2.45) is 0 Å². The van der Waals surface area contributed by atoms with Crippen LogP contribution in [0, 0.1) is 0 Å². The second-order valence-electron chi connectivity index (χ2n) is 4.74. The van der Waals surface area contributed by atoms with Gasteiger partial charge in [0.1, 0.15) is 0 Å². The van der Waals surface area contributed by atoms with Crippen molar-refractivity contribution >= 4 is 17.5 Å². The summed E-state index contributed by atoms with van der Waals surface area (Å²) in [5.74, 6) is 0.00543. The van der Waals surface area contributed by atoms with Gasteiger partial charge in [-0.1, -0.05) is 12.1 Å². The number of anilines is 1. The summed E-state index contributed by atoms with van der Waals surface area (Å²) in [6, 6.07) is 7.51. The lowest BCUT2D eigenvalue weighted by Crippen LogP contribution is -2.47. The molecule has 1 aliphatic heterocycles. The summed E-state index contributed by atoms with van der Waals surface area (Å²) in [4.78, 5) is 22.5. The number of carbonyl (C=O) groups is 2. The van der Waals surface area contributed by atoms with Crippen LogP contribution < -0.4 is 16.0 Å². The van der Waals surface area contributed by atoms with Gasteiger partial charge in [0.2, 0.25) is 11.8 Å². The maximum Gasteiger partial charge on any atom is 0.237 e. The molecule has 0 spiro atoms. The van der Waals surface area contributed by atoms with Crippen LogP contribution in [0.15, 0.2) is 24.3 Å². The van der Waals surface area contributed by atoms with E-state index in [1.807, 2.05) is 24.3 Å². The highest BCUT2D eigenvalue weighted by atomic mass is 16.2. The highest BCUT2D eigenvalue weighted by Crippen LogP contribution is 2.10. The number of piperidine rings is 1. The Kier molecular flexibility index (Phi) is 4.52. The molecule has 1 unspecified atom stereocenters. The van der Waals surface area contributed by atoms with Gasteiger partial charge in [0.15, 0.2) is 0 Å². The highest BCUT2D eigenvalue weighted by molar-refractivity contribution is 5.88. The molecule has 1 atom stereocenters. The van der Waals surface area contributed by atoms with E-state index in [1.54, 1.807) is 0 Å². The molecule has 0 radical (unpaired) electrons. The minimum Gasteiger partial charge on any atom is -0.355 e. The average molecular weight is 261 g/mol. The monoisotopic (exact) mass is 261 g/mol. The number of nitrogens with one attached hydrogen (secondary N) is 3. The minimum atomic E-state index is -0.0937. The molecule has 0 saturated carbocycles. The predicted octanol–water partition coefficient (Wildman–Crippen LogP) is 1.01. The van der Waals surface area contributed by atoms with E-state index in [2.05, 4.69) is 16.0 Å². The molecule has 3 N–H and O–H groups in total. The molecule has 102 valence electrons. The normalized spacial score (nSPS) is 18.8. The Morgan fingerprint density at radius 3 is 2.74 bits per heavy atom. The molecule has 0 aliphatic carbocycles. The third kappa shape index (κ3) is 4.06. The Balaban J connectivity index is 1.85. The minimum absolute atomic E-state index is 0.0789. The quantitative estimate of drug-likeness (QED) is 0.757. The Morgan fingerprint density at radius 1 is 1.37 bits per heavy atom. The molecule has 0 bridgehead atoms. The van der Waals surface area contributed by atoms with E-state index in [4.69, 9.17) is 0 Å². The van der Waals surface area contributed by atoms with Gasteiger partial charge < -0.3 is 16.0 Å². The van der Waals surface area contributed by atoms with E-state index in [0.29, 0.717) is 6.54 Å². The summed E-state index contributed by atoms with van der Waals surface area (Å²) in [5, 5.41) is 8.82. The molecule has 1 heterocycles. The molecule has 1 aromatic carbocycles. The molecule has 2 rings (SSSR count). The second kappa shape index (κ2) is 6.33. The number of amides is 2. The molecular weight excluding hydrogens is 242 g/mol. The lowest BCUT2D eigenvalue weighted by atomic mass is 10.1. The zero-order chi connectivity index (χ0) is 13.7. The zero-order valence-corrected chi connectivity index (χ0v) is 11.0. The summed E-state index contributed by atoms with van der Waals surface area (Å²) >= 11 is 0. The molecule has 5 heteroatoms. The van der Waals surface area contributed by atoms with Gasteiger partial charge >= 0.3 is 0 Å². The van der Waals surface area contributed by atoms with Crippen molar-refractivity contribution in [2.45, 2.75) is 32.4 Å². The maximum atomic E-state index is 11.6. The maximum absolute atomic E-state index is 11.6. The van der Waals surface area contributed by atoms with E-state index < -0.39 is 0 Å². The van der Waals surface area contributed by atoms with Crippen LogP contribution in [0.3, 0.4) is 0 Å². The number of carbonyl (C=O) groups excluding carboxylic acids is 2. The fourth-order valence-corrected chi connectivity index (χ4v) is 2.12. The van der Waals surface area contributed by atoms with Crippen LogP contribution in [-0.4, -0.2) is 24.4 Å². The van der Waals surface area contributed by atoms with Crippen molar-refractivity contribution in [3.63, 3.8) is 0 Å². The topological polar surface area (TPSA) is 70.2 Å². The number of hydrogen-bond acceptors (Lipinski definition) is 3. The highest BCUT2D eigenvalue weighted by Gasteiger charge is 2.20. The van der Waals surface area contributed by atoms with Crippen molar-refractivity contribution in [1.29, 1.82) is 0 Å². The van der Waals surface area contributed by atoms with Gasteiger partial charge in [-0.3, -0.25) is 9.59 Å². The van der Waals surface area contributed by atoms with Crippen molar-refractivity contribution in [1.82, 2.24) is 10.6 Å². The first kappa shape index (κ1) is 13.5. The molecule has 19 heavy (non-hydrogen) atoms. The standard InChI is InChI=1S/C14H19N3O2/c1-10(18)17-12-6-4-11(5-7-12)9-16-13-3-2-8-15-14(13)19/h4-7,13,16H,2-3,8-9H2,1H3,(H,15,19)(H,17,18). The largest absolute Gasteiger partial charge is 0.355 e. The first-order valence-corrected chi connectivity index (χ1v) is 6.53. The lowest BCUT2D eigenvalue weighted by Gasteiger charge is -2.22. The molecule has 1 aromatic rings. The van der Waals surface area contributed by atoms with Gasteiger partial charge in [-0.15, -0.1) is 0 Å². The Hall–Kier alpha value is -1.88. The van der Waals surface area contributed by atoms with Crippen LogP contribution in [0.1, 0.15) is 25.3 Å². The van der Waals surface area contributed by atoms with Crippen molar-refractivity contribution in [3.05, 3.63) is 29.8 Å². The van der Waals surface area contributed by atoms with Gasteiger partial charge in [0, 0.05) is 25.7 Å². The molecule has 1 fully saturated rings. The van der Waals surface area contributed by atoms with Crippen molar-refractivity contribution < 1.29 is 9.59 Å². The van der Waals surface area contributed by atoms with Crippen LogP contribution in [0.5, 0.6) is 0 Å². The van der Waals surface area contributed by atoms with Gasteiger partial charge in [-0.25, -0.2) is 0 Å². The van der Waals surface area contributed by atoms with E-state index in [9.17, 15) is 9.59 Å². The summed E-state index contributed by atoms with van der Waals surface area (Å²) < 4.78 is 0. The SMILES string of the molecule is CC(=O)Nc1ccc(CNC2CCCNC2=O)cc1. The van der Waals surface area contributed by atoms with Gasteiger partial charge in [0.05, 0.1) is 6.04 Å². The molecule has 1 saturated heterocycles. The number of rotatable bonds is 4. The van der Waals surface area contributed by atoms with Crippen LogP contribution in [-0.2, 0) is 16.1 Å². The molecular formula is C14H19N3O2. The van der Waals surface area contributed by atoms with Crippen LogP contribution in [0.2, 0.25) is 0 Å². The summed E-state index contributed by atoms with van der Waals surface area (Å²) in [6.07, 6.45) is 1.90. The third-order valence-corrected chi connectivity index (χ3v) is 3.11. The van der Waals surface area contributed by atoms with E-state index in [-0.39, 0.29) is 17.9 Å². The van der Waals surface area contributed by atoms with Crippen molar-refractivity contribution in [3.8, 4) is 0 Å². The fourth-order valence-electron chi connectivity index (χ4n) is 2.12. The molecule has 5 nitrogen and oxygen atoms in total. The molecule has 2 amide bonds. The second-order valence-corrected chi connectivity index (χ2v) is 4.74. The molecule has 1 aliphatic rings. The average Bonchev–Trinajstić information content (AvgIpc) is 2.39. The van der Waals surface area contributed by atoms with Crippen LogP contribution in [0.4, 0.5) is 5.69 Å². The smallest absolute Gasteiger partial charge is 0.237 e. The Labute approximate surface area is 112 Å². The lowest BCUT2D eigenvalue weighted by molar-refractivity contribution is -0.124. The summed E-state index contributed by atoms with van der Waals surface area (Å²) in [6.45, 7) is 2.91. The van der Waals surface area contributed by atoms with Gasteiger partial charge in [-0.05, 0) is 30.5 Å². The fraction of sp³-hybridized carbons (Fsp3) is 0.429. The van der Waals surface area contributed by atoms with E-state index in [0.717, 1.165) is 30.6 Å². The van der Waals surface area contributed by atoms with Crippen LogP contribution >= 0.6 is 0 Å². The van der Waals surface area contributed by atoms with E-state index in [1.165, 1.54) is 6.92 Å². The third-order valence-electron chi connectivity index (χ3n) is 3.11. The zero-order valence-electron chi connectivity index (χ0n) is 11.0. The van der Waals surface area contributed by atoms with Gasteiger partial charge in [0.25, 0.3) is 0 Å². The van der Waals surface area contributed by atoms with E-state index >= 15 is 0 Å². The number of benzene rings is 1. The Bertz CT molecular complexity index is 456. The first-order valence-electron chi connectivity index (χ1n) is 6.53. The predicted molar refractivity (Wildman–Crippen MR) is 73.6 cm³/mol. The van der Waals surface area contributed by atoms with Gasteiger partial charge in [-0.2, -0.15) is 0 Å². The summed E-state index contributed by atoms with van der Waals surface area (Å²) in [7, 11) is 0. The molecule has 0 aromatic heterocycles. The Morgan fingerprint density at radius 2 is 2.11 bits per heavy atom. The number of hydrogen-bond donors (Lipinski definition) is 3.